The first-order valence-electron chi connectivity index (χ1n) is 9.33. The van der Waals surface area contributed by atoms with Gasteiger partial charge in [-0.25, -0.2) is 19.9 Å². The van der Waals surface area contributed by atoms with E-state index in [0.717, 1.165) is 54.8 Å². The fourth-order valence-corrected chi connectivity index (χ4v) is 3.37. The molecule has 0 saturated carbocycles. The highest BCUT2D eigenvalue weighted by atomic mass is 16.1. The van der Waals surface area contributed by atoms with Gasteiger partial charge in [0.25, 0.3) is 11.5 Å². The number of piperazine rings is 1. The smallest absolute Gasteiger partial charge is 0.274 e. The summed E-state index contributed by atoms with van der Waals surface area (Å²) in [6, 6.07) is 3.40. The Morgan fingerprint density at radius 1 is 0.929 bits per heavy atom. The molecule has 1 N–H and O–H groups in total. The third-order valence-corrected chi connectivity index (χ3v) is 4.93. The zero-order valence-electron chi connectivity index (χ0n) is 16.6. The first-order valence-corrected chi connectivity index (χ1v) is 9.33. The number of nitrogens with one attached hydrogen (secondary N) is 1. The summed E-state index contributed by atoms with van der Waals surface area (Å²) in [6.07, 6.45) is 1.77. The largest absolute Gasteiger partial charge is 0.338 e. The maximum Gasteiger partial charge on any atom is 0.274 e. The molecule has 0 amide bonds. The molecule has 4 heterocycles. The third-order valence-electron chi connectivity index (χ3n) is 4.93. The molecule has 0 aliphatic carbocycles. The second-order valence-corrected chi connectivity index (χ2v) is 7.25. The summed E-state index contributed by atoms with van der Waals surface area (Å²) in [5.74, 6) is 1.06. The van der Waals surface area contributed by atoms with Crippen LogP contribution >= 0.6 is 0 Å². The Morgan fingerprint density at radius 2 is 1.61 bits per heavy atom. The molecular weight excluding hydrogens is 356 g/mol. The van der Waals surface area contributed by atoms with Gasteiger partial charge in [0.15, 0.2) is 0 Å². The highest BCUT2D eigenvalue weighted by molar-refractivity contribution is 5.61. The van der Waals surface area contributed by atoms with Gasteiger partial charge < -0.3 is 9.80 Å². The van der Waals surface area contributed by atoms with Crippen LogP contribution in [0.4, 0.5) is 5.95 Å². The van der Waals surface area contributed by atoms with Gasteiger partial charge in [-0.1, -0.05) is 0 Å². The highest BCUT2D eigenvalue weighted by Crippen LogP contribution is 2.21. The monoisotopic (exact) mass is 380 g/mol. The minimum Gasteiger partial charge on any atom is -0.338 e. The standard InChI is InChI=1S/C19H24N8O/c1-12-9-13(2)22-19(21-12)27-17(28)10-16(24-27)15-11-20-18(23-14(15)3)26-7-5-25(4)6-8-26/h9-11,24H,5-8H2,1-4H3. The van der Waals surface area contributed by atoms with Crippen LogP contribution in [-0.4, -0.2) is 67.8 Å². The molecule has 1 fully saturated rings. The van der Waals surface area contributed by atoms with Gasteiger partial charge in [0, 0.05) is 55.4 Å². The number of anilines is 1. The molecule has 0 spiro atoms. The van der Waals surface area contributed by atoms with E-state index in [2.05, 4.69) is 41.9 Å². The van der Waals surface area contributed by atoms with Gasteiger partial charge in [-0.15, -0.1) is 0 Å². The van der Waals surface area contributed by atoms with Crippen LogP contribution < -0.4 is 10.5 Å². The molecule has 0 aromatic carbocycles. The average Bonchev–Trinajstić information content (AvgIpc) is 3.03. The summed E-state index contributed by atoms with van der Waals surface area (Å²) in [4.78, 5) is 34.9. The first kappa shape index (κ1) is 18.3. The van der Waals surface area contributed by atoms with E-state index in [9.17, 15) is 4.79 Å². The molecule has 0 radical (unpaired) electrons. The Balaban J connectivity index is 1.65. The second kappa shape index (κ2) is 7.16. The van der Waals surface area contributed by atoms with Crippen molar-refractivity contribution in [2.75, 3.05) is 38.1 Å². The molecule has 0 unspecified atom stereocenters. The number of hydrogen-bond acceptors (Lipinski definition) is 7. The average molecular weight is 380 g/mol. The number of aromatic amines is 1. The topological polar surface area (TPSA) is 95.8 Å². The molecule has 146 valence electrons. The molecule has 0 atom stereocenters. The minimum absolute atomic E-state index is 0.220. The van der Waals surface area contributed by atoms with Gasteiger partial charge in [0.2, 0.25) is 5.95 Å². The van der Waals surface area contributed by atoms with Crippen molar-refractivity contribution >= 4 is 5.95 Å². The van der Waals surface area contributed by atoms with Crippen molar-refractivity contribution in [3.05, 3.63) is 45.8 Å². The van der Waals surface area contributed by atoms with Crippen LogP contribution in [0.1, 0.15) is 17.1 Å². The molecule has 4 rings (SSSR count). The maximum atomic E-state index is 12.5. The summed E-state index contributed by atoms with van der Waals surface area (Å²) >= 11 is 0. The third kappa shape index (κ3) is 3.53. The molecule has 3 aromatic rings. The van der Waals surface area contributed by atoms with Crippen LogP contribution in [0.15, 0.2) is 23.1 Å². The maximum absolute atomic E-state index is 12.5. The molecule has 9 nitrogen and oxygen atoms in total. The normalized spacial score (nSPS) is 15.2. The van der Waals surface area contributed by atoms with Crippen molar-refractivity contribution < 1.29 is 0 Å². The summed E-state index contributed by atoms with van der Waals surface area (Å²) < 4.78 is 1.35. The van der Waals surface area contributed by atoms with Crippen LogP contribution in [0.25, 0.3) is 17.2 Å². The van der Waals surface area contributed by atoms with Crippen LogP contribution in [0.3, 0.4) is 0 Å². The van der Waals surface area contributed by atoms with Crippen molar-refractivity contribution in [2.45, 2.75) is 20.8 Å². The summed E-state index contributed by atoms with van der Waals surface area (Å²) in [5, 5.41) is 3.09. The van der Waals surface area contributed by atoms with Gasteiger partial charge in [-0.05, 0) is 33.9 Å². The molecule has 9 heteroatoms. The Morgan fingerprint density at radius 3 is 2.25 bits per heavy atom. The number of likely N-dealkylation sites (N-methyl/N-ethyl adjacent to an activating group) is 1. The first-order chi connectivity index (χ1) is 13.4. The zero-order chi connectivity index (χ0) is 19.8. The molecule has 3 aromatic heterocycles. The van der Waals surface area contributed by atoms with Crippen LogP contribution in [0.5, 0.6) is 0 Å². The summed E-state index contributed by atoms with van der Waals surface area (Å²) in [5.41, 5.74) is 3.65. The Labute approximate surface area is 163 Å². The predicted molar refractivity (Wildman–Crippen MR) is 107 cm³/mol. The van der Waals surface area contributed by atoms with E-state index >= 15 is 0 Å². The Kier molecular flexibility index (Phi) is 4.68. The Bertz CT molecular complexity index is 1040. The molecular formula is C19H24N8O. The van der Waals surface area contributed by atoms with E-state index in [-0.39, 0.29) is 5.56 Å². The summed E-state index contributed by atoms with van der Waals surface area (Å²) in [7, 11) is 2.12. The van der Waals surface area contributed by atoms with E-state index in [1.807, 2.05) is 26.8 Å². The fourth-order valence-electron chi connectivity index (χ4n) is 3.37. The number of rotatable bonds is 3. The van der Waals surface area contributed by atoms with E-state index in [1.165, 1.54) is 10.7 Å². The number of nitrogens with zero attached hydrogens (tertiary/aromatic N) is 7. The van der Waals surface area contributed by atoms with Crippen LogP contribution in [0, 0.1) is 20.8 Å². The van der Waals surface area contributed by atoms with Crippen molar-refractivity contribution in [1.29, 1.82) is 0 Å². The Hall–Kier alpha value is -3.07. The molecule has 1 aliphatic rings. The van der Waals surface area contributed by atoms with E-state index < -0.39 is 0 Å². The number of aryl methyl sites for hydroxylation is 3. The fraction of sp³-hybridized carbons (Fsp3) is 0.421. The lowest BCUT2D eigenvalue weighted by Gasteiger charge is -2.32. The lowest BCUT2D eigenvalue weighted by Crippen LogP contribution is -2.45. The minimum atomic E-state index is -0.220. The van der Waals surface area contributed by atoms with Gasteiger partial charge in [0.05, 0.1) is 11.4 Å². The number of aromatic nitrogens is 6. The van der Waals surface area contributed by atoms with Crippen molar-refractivity contribution in [3.8, 4) is 17.2 Å². The van der Waals surface area contributed by atoms with Crippen LogP contribution in [-0.2, 0) is 0 Å². The van der Waals surface area contributed by atoms with E-state index in [0.29, 0.717) is 11.6 Å². The quantitative estimate of drug-likeness (QED) is 0.727. The molecule has 1 aliphatic heterocycles. The van der Waals surface area contributed by atoms with E-state index in [1.54, 1.807) is 6.20 Å². The van der Waals surface area contributed by atoms with Gasteiger partial charge >= 0.3 is 0 Å². The number of hydrogen-bond donors (Lipinski definition) is 1. The lowest BCUT2D eigenvalue weighted by atomic mass is 10.2. The highest BCUT2D eigenvalue weighted by Gasteiger charge is 2.18. The van der Waals surface area contributed by atoms with Crippen molar-refractivity contribution in [3.63, 3.8) is 0 Å². The van der Waals surface area contributed by atoms with Crippen LogP contribution in [0.2, 0.25) is 0 Å². The van der Waals surface area contributed by atoms with Gasteiger partial charge in [0.1, 0.15) is 0 Å². The molecule has 1 saturated heterocycles. The predicted octanol–water partition coefficient (Wildman–Crippen LogP) is 1.09. The number of H-pyrrole nitrogens is 1. The van der Waals surface area contributed by atoms with Gasteiger partial charge in [-0.3, -0.25) is 9.89 Å². The molecule has 0 bridgehead atoms. The zero-order valence-corrected chi connectivity index (χ0v) is 16.6. The summed E-state index contributed by atoms with van der Waals surface area (Å²) in [6.45, 7) is 9.50. The molecule has 28 heavy (non-hydrogen) atoms. The second-order valence-electron chi connectivity index (χ2n) is 7.25. The van der Waals surface area contributed by atoms with E-state index in [4.69, 9.17) is 0 Å². The van der Waals surface area contributed by atoms with Crippen molar-refractivity contribution in [1.82, 2.24) is 34.6 Å². The lowest BCUT2D eigenvalue weighted by molar-refractivity contribution is 0.311. The van der Waals surface area contributed by atoms with Crippen molar-refractivity contribution in [2.24, 2.45) is 0 Å². The van der Waals surface area contributed by atoms with Gasteiger partial charge in [-0.2, -0.15) is 4.68 Å². The SMILES string of the molecule is Cc1cc(C)nc(-n2[nH]c(-c3cnc(N4CCN(C)CC4)nc3C)cc2=O)n1.